The van der Waals surface area contributed by atoms with Gasteiger partial charge in [-0.05, 0) is 17.1 Å². The second kappa shape index (κ2) is 4.36. The average Bonchev–Trinajstić information content (AvgIpc) is 2.77. The van der Waals surface area contributed by atoms with Crippen molar-refractivity contribution < 1.29 is 0 Å². The van der Waals surface area contributed by atoms with Gasteiger partial charge in [-0.15, -0.1) is 0 Å². The van der Waals surface area contributed by atoms with Crippen molar-refractivity contribution in [2.45, 2.75) is 19.5 Å². The van der Waals surface area contributed by atoms with E-state index in [1.54, 1.807) is 11.5 Å². The Morgan fingerprint density at radius 1 is 1.25 bits per heavy atom. The molecule has 1 aliphatic heterocycles. The SMILES string of the molecule is c1ccc(CN2CCc3nscc3C2)cc1. The summed E-state index contributed by atoms with van der Waals surface area (Å²) in [6.45, 7) is 3.24. The van der Waals surface area contributed by atoms with Crippen LogP contribution in [0.1, 0.15) is 16.8 Å². The zero-order valence-corrected chi connectivity index (χ0v) is 9.91. The highest BCUT2D eigenvalue weighted by atomic mass is 32.1. The second-order valence-corrected chi connectivity index (χ2v) is 4.86. The summed E-state index contributed by atoms with van der Waals surface area (Å²) in [6, 6.07) is 10.7. The van der Waals surface area contributed by atoms with Gasteiger partial charge in [0.25, 0.3) is 0 Å². The van der Waals surface area contributed by atoms with Crippen LogP contribution in [0.25, 0.3) is 0 Å². The summed E-state index contributed by atoms with van der Waals surface area (Å²) in [5.41, 5.74) is 4.13. The summed E-state index contributed by atoms with van der Waals surface area (Å²) in [5, 5.41) is 2.19. The molecule has 1 aromatic carbocycles. The molecule has 2 nitrogen and oxygen atoms in total. The molecule has 0 unspecified atom stereocenters. The third-order valence-electron chi connectivity index (χ3n) is 3.04. The standard InChI is InChI=1S/C13H14N2S/c1-2-4-11(5-3-1)8-15-7-6-13-12(9-15)10-16-14-13/h1-5,10H,6-9H2. The Labute approximate surface area is 99.7 Å². The summed E-state index contributed by atoms with van der Waals surface area (Å²) < 4.78 is 4.41. The fourth-order valence-corrected chi connectivity index (χ4v) is 2.90. The molecule has 0 saturated carbocycles. The Morgan fingerprint density at radius 3 is 3.00 bits per heavy atom. The molecule has 0 N–H and O–H groups in total. The molecule has 0 atom stereocenters. The first-order valence-corrected chi connectivity index (χ1v) is 6.44. The van der Waals surface area contributed by atoms with Crippen LogP contribution in [0.2, 0.25) is 0 Å². The van der Waals surface area contributed by atoms with Gasteiger partial charge in [-0.2, -0.15) is 4.37 Å². The zero-order valence-electron chi connectivity index (χ0n) is 9.10. The summed E-state index contributed by atoms with van der Waals surface area (Å²) in [5.74, 6) is 0. The number of hydrogen-bond donors (Lipinski definition) is 0. The molecule has 16 heavy (non-hydrogen) atoms. The van der Waals surface area contributed by atoms with Crippen molar-refractivity contribution in [2.24, 2.45) is 0 Å². The lowest BCUT2D eigenvalue weighted by Gasteiger charge is -2.26. The van der Waals surface area contributed by atoms with Gasteiger partial charge in [0.2, 0.25) is 0 Å². The Morgan fingerprint density at radius 2 is 2.12 bits per heavy atom. The van der Waals surface area contributed by atoms with Crippen molar-refractivity contribution in [3.63, 3.8) is 0 Å². The fraction of sp³-hybridized carbons (Fsp3) is 0.308. The van der Waals surface area contributed by atoms with Gasteiger partial charge in [0.05, 0.1) is 5.69 Å². The van der Waals surface area contributed by atoms with Crippen LogP contribution >= 0.6 is 11.5 Å². The lowest BCUT2D eigenvalue weighted by molar-refractivity contribution is 0.245. The molecule has 2 heterocycles. The molecule has 0 saturated heterocycles. The summed E-state index contributed by atoms with van der Waals surface area (Å²) >= 11 is 1.59. The van der Waals surface area contributed by atoms with Crippen molar-refractivity contribution in [1.82, 2.24) is 9.27 Å². The van der Waals surface area contributed by atoms with Crippen LogP contribution in [0, 0.1) is 0 Å². The molecule has 0 fully saturated rings. The largest absolute Gasteiger partial charge is 0.294 e. The monoisotopic (exact) mass is 230 g/mol. The van der Waals surface area contributed by atoms with Gasteiger partial charge in [-0.3, -0.25) is 4.90 Å². The van der Waals surface area contributed by atoms with Gasteiger partial charge in [0.1, 0.15) is 0 Å². The van der Waals surface area contributed by atoms with Gasteiger partial charge in [0.15, 0.2) is 0 Å². The van der Waals surface area contributed by atoms with E-state index in [0.29, 0.717) is 0 Å². The molecule has 3 rings (SSSR count). The number of aromatic nitrogens is 1. The number of rotatable bonds is 2. The van der Waals surface area contributed by atoms with E-state index in [4.69, 9.17) is 0 Å². The second-order valence-electron chi connectivity index (χ2n) is 4.23. The van der Waals surface area contributed by atoms with Crippen LogP contribution in [0.4, 0.5) is 0 Å². The molecule has 0 spiro atoms. The molecule has 0 aliphatic carbocycles. The predicted octanol–water partition coefficient (Wildman–Crippen LogP) is 2.70. The smallest absolute Gasteiger partial charge is 0.0599 e. The molecule has 1 aromatic heterocycles. The fourth-order valence-electron chi connectivity index (χ4n) is 2.18. The van der Waals surface area contributed by atoms with Crippen molar-refractivity contribution >= 4 is 11.5 Å². The lowest BCUT2D eigenvalue weighted by Crippen LogP contribution is -2.29. The van der Waals surface area contributed by atoms with Gasteiger partial charge >= 0.3 is 0 Å². The normalized spacial score (nSPS) is 16.0. The number of hydrogen-bond acceptors (Lipinski definition) is 3. The molecule has 82 valence electrons. The maximum atomic E-state index is 4.41. The van der Waals surface area contributed by atoms with Gasteiger partial charge in [-0.25, -0.2) is 0 Å². The molecular formula is C13H14N2S. The minimum atomic E-state index is 1.05. The minimum Gasteiger partial charge on any atom is -0.294 e. The third kappa shape index (κ3) is 2.01. The first-order valence-electron chi connectivity index (χ1n) is 5.60. The quantitative estimate of drug-likeness (QED) is 0.788. The summed E-state index contributed by atoms with van der Waals surface area (Å²) in [4.78, 5) is 2.49. The first kappa shape index (κ1) is 10.00. The molecule has 0 amide bonds. The van der Waals surface area contributed by atoms with E-state index >= 15 is 0 Å². The van der Waals surface area contributed by atoms with Crippen LogP contribution in [0.15, 0.2) is 35.7 Å². The zero-order chi connectivity index (χ0) is 10.8. The highest BCUT2D eigenvalue weighted by Crippen LogP contribution is 2.20. The lowest BCUT2D eigenvalue weighted by atomic mass is 10.1. The van der Waals surface area contributed by atoms with Crippen molar-refractivity contribution in [3.05, 3.63) is 52.5 Å². The maximum absolute atomic E-state index is 4.41. The van der Waals surface area contributed by atoms with Crippen LogP contribution < -0.4 is 0 Å². The number of fused-ring (bicyclic) bond motifs is 1. The molecule has 0 bridgehead atoms. The third-order valence-corrected chi connectivity index (χ3v) is 3.75. The summed E-state index contributed by atoms with van der Waals surface area (Å²) in [7, 11) is 0. The van der Waals surface area contributed by atoms with E-state index in [9.17, 15) is 0 Å². The Hall–Kier alpha value is -1.19. The molecule has 0 radical (unpaired) electrons. The van der Waals surface area contributed by atoms with E-state index in [-0.39, 0.29) is 0 Å². The topological polar surface area (TPSA) is 16.1 Å². The van der Waals surface area contributed by atoms with E-state index in [1.807, 2.05) is 0 Å². The highest BCUT2D eigenvalue weighted by Gasteiger charge is 2.17. The molecule has 2 aromatic rings. The van der Waals surface area contributed by atoms with Gasteiger partial charge in [-0.1, -0.05) is 30.3 Å². The van der Waals surface area contributed by atoms with Crippen LogP contribution in [-0.4, -0.2) is 15.8 Å². The van der Waals surface area contributed by atoms with Crippen molar-refractivity contribution in [3.8, 4) is 0 Å². The average molecular weight is 230 g/mol. The highest BCUT2D eigenvalue weighted by molar-refractivity contribution is 7.03. The van der Waals surface area contributed by atoms with Gasteiger partial charge < -0.3 is 0 Å². The molecular weight excluding hydrogens is 216 g/mol. The minimum absolute atomic E-state index is 1.05. The first-order chi connectivity index (χ1) is 7.92. The Balaban J connectivity index is 1.71. The van der Waals surface area contributed by atoms with Crippen LogP contribution in [-0.2, 0) is 19.5 Å². The van der Waals surface area contributed by atoms with Crippen LogP contribution in [0.5, 0.6) is 0 Å². The Kier molecular flexibility index (Phi) is 2.72. The Bertz CT molecular complexity index is 464. The molecule has 3 heteroatoms. The maximum Gasteiger partial charge on any atom is 0.0599 e. The number of nitrogens with zero attached hydrogens (tertiary/aromatic N) is 2. The van der Waals surface area contributed by atoms with E-state index in [2.05, 4.69) is 45.0 Å². The molecule has 1 aliphatic rings. The van der Waals surface area contributed by atoms with Gasteiger partial charge in [0, 0.05) is 37.0 Å². The predicted molar refractivity (Wildman–Crippen MR) is 66.4 cm³/mol. The van der Waals surface area contributed by atoms with Crippen molar-refractivity contribution in [2.75, 3.05) is 6.54 Å². The van der Waals surface area contributed by atoms with E-state index in [1.165, 1.54) is 16.8 Å². The van der Waals surface area contributed by atoms with Crippen LogP contribution in [0.3, 0.4) is 0 Å². The van der Waals surface area contributed by atoms with E-state index in [0.717, 1.165) is 26.1 Å². The number of benzene rings is 1. The van der Waals surface area contributed by atoms with E-state index < -0.39 is 0 Å². The summed E-state index contributed by atoms with van der Waals surface area (Å²) in [6.07, 6.45) is 1.10. The van der Waals surface area contributed by atoms with Crippen molar-refractivity contribution in [1.29, 1.82) is 0 Å².